The van der Waals surface area contributed by atoms with Crippen molar-refractivity contribution in [1.82, 2.24) is 0 Å². The largest absolute Gasteiger partial charge is 0.416 e. The van der Waals surface area contributed by atoms with Crippen LogP contribution in [0.25, 0.3) is 10.4 Å². The molecule has 0 aliphatic carbocycles. The molecule has 0 aliphatic rings. The Morgan fingerprint density at radius 2 is 1.23 bits per heavy atom. The van der Waals surface area contributed by atoms with E-state index in [0.717, 1.165) is 13.0 Å². The van der Waals surface area contributed by atoms with Gasteiger partial charge in [0.25, 0.3) is 0 Å². The molecular formula is C25H53N3O2Si. The Morgan fingerprint density at radius 1 is 0.774 bits per heavy atom. The zero-order chi connectivity index (χ0) is 23.4. The summed E-state index contributed by atoms with van der Waals surface area (Å²) in [7, 11) is -1.83. The van der Waals surface area contributed by atoms with Crippen LogP contribution >= 0.6 is 0 Å². The standard InChI is InChI=1S/C25H53N3O2Si/c1-7-8-9-10-11-12-13-14-15-16-17-18-19-20-21-29-22-24(27-28-26)23-30-31(5,6)25(2,3)4/h24H,7-23H2,1-6H3. The Hall–Kier alpha value is -0.553. The molecule has 0 aromatic carbocycles. The lowest BCUT2D eigenvalue weighted by Gasteiger charge is -2.36. The summed E-state index contributed by atoms with van der Waals surface area (Å²) < 4.78 is 12.0. The van der Waals surface area contributed by atoms with Crippen molar-refractivity contribution in [2.45, 2.75) is 142 Å². The maximum absolute atomic E-state index is 8.82. The summed E-state index contributed by atoms with van der Waals surface area (Å²) in [6.45, 7) is 15.0. The van der Waals surface area contributed by atoms with Crippen LogP contribution in [0, 0.1) is 0 Å². The normalized spacial score (nSPS) is 13.2. The lowest BCUT2D eigenvalue weighted by atomic mass is 10.0. The van der Waals surface area contributed by atoms with E-state index in [1.807, 2.05) is 0 Å². The minimum absolute atomic E-state index is 0.156. The van der Waals surface area contributed by atoms with E-state index >= 15 is 0 Å². The molecule has 0 saturated carbocycles. The molecule has 31 heavy (non-hydrogen) atoms. The summed E-state index contributed by atoms with van der Waals surface area (Å²) in [4.78, 5) is 2.97. The average molecular weight is 456 g/mol. The average Bonchev–Trinajstić information content (AvgIpc) is 2.70. The van der Waals surface area contributed by atoms with E-state index in [2.05, 4.69) is 50.8 Å². The lowest BCUT2D eigenvalue weighted by Crippen LogP contribution is -2.42. The summed E-state index contributed by atoms with van der Waals surface area (Å²) in [6, 6.07) is -0.231. The van der Waals surface area contributed by atoms with Crippen molar-refractivity contribution in [2.24, 2.45) is 5.11 Å². The third-order valence-corrected chi connectivity index (χ3v) is 11.1. The minimum Gasteiger partial charge on any atom is -0.416 e. The van der Waals surface area contributed by atoms with E-state index in [4.69, 9.17) is 14.7 Å². The van der Waals surface area contributed by atoms with Crippen LogP contribution in [0.15, 0.2) is 5.11 Å². The number of nitrogens with zero attached hydrogens (tertiary/aromatic N) is 3. The highest BCUT2D eigenvalue weighted by atomic mass is 28.4. The summed E-state index contributed by atoms with van der Waals surface area (Å²) >= 11 is 0. The Balaban J connectivity index is 3.59. The zero-order valence-electron chi connectivity index (χ0n) is 21.8. The molecule has 0 aromatic rings. The zero-order valence-corrected chi connectivity index (χ0v) is 22.8. The number of hydrogen-bond donors (Lipinski definition) is 0. The van der Waals surface area contributed by atoms with Crippen molar-refractivity contribution >= 4 is 8.32 Å². The molecule has 6 heteroatoms. The molecule has 0 amide bonds. The van der Waals surface area contributed by atoms with Crippen LogP contribution in [-0.4, -0.2) is 34.2 Å². The molecule has 0 bridgehead atoms. The minimum atomic E-state index is -1.83. The smallest absolute Gasteiger partial charge is 0.191 e. The molecule has 0 heterocycles. The van der Waals surface area contributed by atoms with Gasteiger partial charge >= 0.3 is 0 Å². The fourth-order valence-corrected chi connectivity index (χ4v) is 4.37. The number of unbranched alkanes of at least 4 members (excludes halogenated alkanes) is 13. The van der Waals surface area contributed by atoms with Gasteiger partial charge in [0.05, 0.1) is 12.6 Å². The molecule has 0 N–H and O–H groups in total. The molecule has 5 nitrogen and oxygen atoms in total. The van der Waals surface area contributed by atoms with Crippen LogP contribution in [-0.2, 0) is 9.16 Å². The van der Waals surface area contributed by atoms with Crippen LogP contribution < -0.4 is 0 Å². The molecule has 0 saturated heterocycles. The first-order valence-corrected chi connectivity index (χ1v) is 15.9. The number of azide groups is 1. The highest BCUT2D eigenvalue weighted by Gasteiger charge is 2.37. The second-order valence-electron chi connectivity index (χ2n) is 10.6. The van der Waals surface area contributed by atoms with E-state index in [1.165, 1.54) is 83.5 Å². The number of hydrogen-bond acceptors (Lipinski definition) is 3. The summed E-state index contributed by atoms with van der Waals surface area (Å²) in [5, 5.41) is 4.03. The predicted octanol–water partition coefficient (Wildman–Crippen LogP) is 9.19. The Kier molecular flexibility index (Phi) is 18.6. The van der Waals surface area contributed by atoms with E-state index in [-0.39, 0.29) is 11.1 Å². The quantitative estimate of drug-likeness (QED) is 0.0569. The maximum Gasteiger partial charge on any atom is 0.191 e. The first kappa shape index (κ1) is 30.4. The fraction of sp³-hybridized carbons (Fsp3) is 1.00. The SMILES string of the molecule is CCCCCCCCCCCCCCCCOCC(CO[Si](C)(C)C(C)(C)C)N=[N+]=[N-]. The van der Waals surface area contributed by atoms with Crippen LogP contribution in [0.3, 0.4) is 0 Å². The third-order valence-electron chi connectivity index (χ3n) is 6.61. The molecule has 0 radical (unpaired) electrons. The van der Waals surface area contributed by atoms with Gasteiger partial charge in [-0.1, -0.05) is 116 Å². The first-order valence-electron chi connectivity index (χ1n) is 13.0. The van der Waals surface area contributed by atoms with Crippen LogP contribution in [0.4, 0.5) is 0 Å². The lowest BCUT2D eigenvalue weighted by molar-refractivity contribution is 0.0996. The summed E-state index contributed by atoms with van der Waals surface area (Å²) in [6.07, 6.45) is 19.0. The van der Waals surface area contributed by atoms with Crippen molar-refractivity contribution in [2.75, 3.05) is 19.8 Å². The van der Waals surface area contributed by atoms with Gasteiger partial charge in [0.2, 0.25) is 0 Å². The second kappa shape index (κ2) is 19.0. The van der Waals surface area contributed by atoms with Crippen LogP contribution in [0.5, 0.6) is 0 Å². The maximum atomic E-state index is 8.82. The third kappa shape index (κ3) is 17.7. The molecule has 184 valence electrons. The second-order valence-corrected chi connectivity index (χ2v) is 15.4. The van der Waals surface area contributed by atoms with Gasteiger partial charge in [-0.3, -0.25) is 0 Å². The predicted molar refractivity (Wildman–Crippen MR) is 137 cm³/mol. The molecule has 1 unspecified atom stereocenters. The van der Waals surface area contributed by atoms with Gasteiger partial charge in [0.15, 0.2) is 8.32 Å². The highest BCUT2D eigenvalue weighted by Crippen LogP contribution is 2.36. The van der Waals surface area contributed by atoms with Gasteiger partial charge in [-0.15, -0.1) is 0 Å². The first-order chi connectivity index (χ1) is 14.7. The van der Waals surface area contributed by atoms with Gasteiger partial charge in [-0.05, 0) is 30.1 Å². The fourth-order valence-electron chi connectivity index (χ4n) is 3.33. The van der Waals surface area contributed by atoms with Gasteiger partial charge < -0.3 is 9.16 Å². The molecule has 0 fully saturated rings. The number of rotatable bonds is 21. The Bertz CT molecular complexity index is 460. The van der Waals surface area contributed by atoms with E-state index in [0.29, 0.717) is 13.2 Å². The molecule has 0 rings (SSSR count). The van der Waals surface area contributed by atoms with E-state index in [1.54, 1.807) is 0 Å². The van der Waals surface area contributed by atoms with Crippen molar-refractivity contribution in [3.8, 4) is 0 Å². The topological polar surface area (TPSA) is 67.2 Å². The summed E-state index contributed by atoms with van der Waals surface area (Å²) in [5.41, 5.74) is 8.82. The molecule has 0 aromatic heterocycles. The van der Waals surface area contributed by atoms with Gasteiger partial charge in [0.1, 0.15) is 0 Å². The molecule has 0 spiro atoms. The van der Waals surface area contributed by atoms with Crippen molar-refractivity contribution in [1.29, 1.82) is 0 Å². The Labute approximate surface area is 194 Å². The van der Waals surface area contributed by atoms with Crippen molar-refractivity contribution < 1.29 is 9.16 Å². The van der Waals surface area contributed by atoms with Gasteiger partial charge in [-0.25, -0.2) is 0 Å². The highest BCUT2D eigenvalue weighted by molar-refractivity contribution is 6.74. The summed E-state index contributed by atoms with van der Waals surface area (Å²) in [5.74, 6) is 0. The van der Waals surface area contributed by atoms with Crippen LogP contribution in [0.1, 0.15) is 118 Å². The molecular weight excluding hydrogens is 402 g/mol. The van der Waals surface area contributed by atoms with Crippen molar-refractivity contribution in [3.05, 3.63) is 10.4 Å². The molecule has 0 aliphatic heterocycles. The van der Waals surface area contributed by atoms with Gasteiger partial charge in [-0.2, -0.15) is 0 Å². The number of ether oxygens (including phenoxy) is 1. The van der Waals surface area contributed by atoms with Crippen LogP contribution in [0.2, 0.25) is 18.1 Å². The van der Waals surface area contributed by atoms with Crippen molar-refractivity contribution in [3.63, 3.8) is 0 Å². The molecule has 1 atom stereocenters. The monoisotopic (exact) mass is 455 g/mol. The van der Waals surface area contributed by atoms with E-state index < -0.39 is 8.32 Å². The van der Waals surface area contributed by atoms with Gasteiger partial charge in [0, 0.05) is 18.1 Å². The Morgan fingerprint density at radius 3 is 1.65 bits per heavy atom. The van der Waals surface area contributed by atoms with E-state index in [9.17, 15) is 0 Å².